The van der Waals surface area contributed by atoms with E-state index in [1.54, 1.807) is 12.1 Å². The molecular weight excluding hydrogens is 232 g/mol. The van der Waals surface area contributed by atoms with E-state index < -0.39 is 0 Å². The Morgan fingerprint density at radius 1 is 1.39 bits per heavy atom. The Balaban J connectivity index is 2.75. The van der Waals surface area contributed by atoms with Gasteiger partial charge in [-0.3, -0.25) is 10.1 Å². The van der Waals surface area contributed by atoms with Crippen LogP contribution in [0.5, 0.6) is 0 Å². The molecule has 0 saturated carbocycles. The second-order valence-corrected chi connectivity index (χ2v) is 4.04. The van der Waals surface area contributed by atoms with E-state index >= 15 is 0 Å². The second kappa shape index (κ2) is 7.66. The molecule has 0 bridgehead atoms. The molecule has 1 rings (SSSR count). The third-order valence-corrected chi connectivity index (χ3v) is 2.57. The van der Waals surface area contributed by atoms with Gasteiger partial charge >= 0.3 is 0 Å². The highest BCUT2D eigenvalue weighted by molar-refractivity contribution is 5.55. The van der Waals surface area contributed by atoms with E-state index in [9.17, 15) is 10.1 Å². The van der Waals surface area contributed by atoms with Gasteiger partial charge in [0.25, 0.3) is 5.69 Å². The summed E-state index contributed by atoms with van der Waals surface area (Å²) < 4.78 is 5.52. The quantitative estimate of drug-likeness (QED) is 0.438. The first-order valence-corrected chi connectivity index (χ1v) is 6.28. The van der Waals surface area contributed by atoms with Crippen molar-refractivity contribution in [1.82, 2.24) is 0 Å². The van der Waals surface area contributed by atoms with Gasteiger partial charge in [0.1, 0.15) is 0 Å². The molecule has 5 heteroatoms. The van der Waals surface area contributed by atoms with Crippen molar-refractivity contribution in [3.8, 4) is 0 Å². The number of nitrogens with one attached hydrogen (secondary N) is 1. The van der Waals surface area contributed by atoms with E-state index in [1.165, 1.54) is 6.07 Å². The Bertz CT molecular complexity index is 394. The van der Waals surface area contributed by atoms with E-state index in [2.05, 4.69) is 12.2 Å². The molecule has 18 heavy (non-hydrogen) atoms. The number of nitro benzene ring substituents is 1. The minimum atomic E-state index is -0.384. The summed E-state index contributed by atoms with van der Waals surface area (Å²) in [7, 11) is 0. The fourth-order valence-corrected chi connectivity index (χ4v) is 1.60. The Kier molecular flexibility index (Phi) is 6.14. The molecule has 0 fully saturated rings. The maximum absolute atomic E-state index is 10.7. The molecule has 1 aromatic rings. The van der Waals surface area contributed by atoms with Crippen LogP contribution in [0.4, 0.5) is 11.4 Å². The summed E-state index contributed by atoms with van der Waals surface area (Å²) in [6, 6.07) is 4.82. The Morgan fingerprint density at radius 2 is 2.17 bits per heavy atom. The molecule has 1 N–H and O–H groups in total. The highest BCUT2D eigenvalue weighted by Crippen LogP contribution is 2.22. The number of nitrogens with zero attached hydrogens (tertiary/aromatic N) is 1. The first kappa shape index (κ1) is 14.4. The molecule has 0 heterocycles. The largest absolute Gasteiger partial charge is 0.385 e. The zero-order valence-electron chi connectivity index (χ0n) is 10.9. The standard InChI is InChI=1S/C13H20N2O3/c1-3-5-8-18-10-11-9-12(15(16)17)6-7-13(11)14-4-2/h6-7,9,14H,3-5,8,10H2,1-2H3. The van der Waals surface area contributed by atoms with Gasteiger partial charge in [0.05, 0.1) is 11.5 Å². The fraction of sp³-hybridized carbons (Fsp3) is 0.538. The van der Waals surface area contributed by atoms with Crippen molar-refractivity contribution in [2.24, 2.45) is 0 Å². The van der Waals surface area contributed by atoms with Gasteiger partial charge in [-0.25, -0.2) is 0 Å². The molecule has 0 aliphatic rings. The van der Waals surface area contributed by atoms with E-state index in [0.717, 1.165) is 30.6 Å². The van der Waals surface area contributed by atoms with E-state index in [4.69, 9.17) is 4.74 Å². The summed E-state index contributed by atoms with van der Waals surface area (Å²) in [5.41, 5.74) is 1.84. The third kappa shape index (κ3) is 4.33. The first-order valence-electron chi connectivity index (χ1n) is 6.28. The highest BCUT2D eigenvalue weighted by Gasteiger charge is 2.10. The van der Waals surface area contributed by atoms with Crippen molar-refractivity contribution in [2.45, 2.75) is 33.3 Å². The number of hydrogen-bond acceptors (Lipinski definition) is 4. The average molecular weight is 252 g/mol. The molecule has 0 aliphatic carbocycles. The number of benzene rings is 1. The number of anilines is 1. The van der Waals surface area contributed by atoms with Crippen LogP contribution >= 0.6 is 0 Å². The lowest BCUT2D eigenvalue weighted by Crippen LogP contribution is -2.04. The molecule has 0 aliphatic heterocycles. The van der Waals surface area contributed by atoms with Crippen molar-refractivity contribution >= 4 is 11.4 Å². The van der Waals surface area contributed by atoms with Crippen LogP contribution in [0.25, 0.3) is 0 Å². The maximum Gasteiger partial charge on any atom is 0.269 e. The summed E-state index contributed by atoms with van der Waals surface area (Å²) in [5, 5.41) is 13.9. The van der Waals surface area contributed by atoms with Crippen LogP contribution in [-0.2, 0) is 11.3 Å². The number of rotatable bonds is 8. The average Bonchev–Trinajstić information content (AvgIpc) is 2.36. The molecule has 100 valence electrons. The van der Waals surface area contributed by atoms with Crippen molar-refractivity contribution in [3.05, 3.63) is 33.9 Å². The molecule has 0 amide bonds. The first-order chi connectivity index (χ1) is 8.69. The van der Waals surface area contributed by atoms with Gasteiger partial charge in [-0.1, -0.05) is 13.3 Å². The van der Waals surface area contributed by atoms with Gasteiger partial charge in [-0.2, -0.15) is 0 Å². The van der Waals surface area contributed by atoms with E-state index in [0.29, 0.717) is 13.2 Å². The molecule has 0 spiro atoms. The van der Waals surface area contributed by atoms with Crippen molar-refractivity contribution in [2.75, 3.05) is 18.5 Å². The number of hydrogen-bond donors (Lipinski definition) is 1. The zero-order valence-corrected chi connectivity index (χ0v) is 10.9. The molecular formula is C13H20N2O3. The maximum atomic E-state index is 10.7. The number of unbranched alkanes of at least 4 members (excludes halogenated alkanes) is 1. The van der Waals surface area contributed by atoms with Crippen molar-refractivity contribution < 1.29 is 9.66 Å². The van der Waals surface area contributed by atoms with Gasteiger partial charge in [0.2, 0.25) is 0 Å². The van der Waals surface area contributed by atoms with Crippen LogP contribution in [0.15, 0.2) is 18.2 Å². The topological polar surface area (TPSA) is 64.4 Å². The zero-order chi connectivity index (χ0) is 13.4. The van der Waals surface area contributed by atoms with Crippen LogP contribution in [-0.4, -0.2) is 18.1 Å². The lowest BCUT2D eigenvalue weighted by atomic mass is 10.1. The summed E-state index contributed by atoms with van der Waals surface area (Å²) in [6.07, 6.45) is 2.08. The molecule has 0 aromatic heterocycles. The van der Waals surface area contributed by atoms with Crippen LogP contribution in [0.3, 0.4) is 0 Å². The van der Waals surface area contributed by atoms with Gasteiger partial charge in [-0.15, -0.1) is 0 Å². The smallest absolute Gasteiger partial charge is 0.269 e. The van der Waals surface area contributed by atoms with Crippen LogP contribution in [0, 0.1) is 10.1 Å². The summed E-state index contributed by atoms with van der Waals surface area (Å²) in [5.74, 6) is 0. The van der Waals surface area contributed by atoms with Crippen LogP contribution in [0.2, 0.25) is 0 Å². The number of ether oxygens (including phenoxy) is 1. The lowest BCUT2D eigenvalue weighted by molar-refractivity contribution is -0.384. The van der Waals surface area contributed by atoms with E-state index in [-0.39, 0.29) is 10.6 Å². The number of non-ortho nitro benzene ring substituents is 1. The fourth-order valence-electron chi connectivity index (χ4n) is 1.60. The Labute approximate surface area is 107 Å². The van der Waals surface area contributed by atoms with Gasteiger partial charge in [0, 0.05) is 36.5 Å². The second-order valence-electron chi connectivity index (χ2n) is 4.04. The molecule has 0 saturated heterocycles. The minimum Gasteiger partial charge on any atom is -0.385 e. The summed E-state index contributed by atoms with van der Waals surface area (Å²) in [6.45, 7) is 5.96. The minimum absolute atomic E-state index is 0.103. The molecule has 0 radical (unpaired) electrons. The molecule has 0 atom stereocenters. The predicted molar refractivity (Wildman–Crippen MR) is 71.8 cm³/mol. The normalized spacial score (nSPS) is 10.3. The molecule has 1 aromatic carbocycles. The van der Waals surface area contributed by atoms with Crippen LogP contribution < -0.4 is 5.32 Å². The van der Waals surface area contributed by atoms with Gasteiger partial charge < -0.3 is 10.1 Å². The molecule has 0 unspecified atom stereocenters. The lowest BCUT2D eigenvalue weighted by Gasteiger charge is -2.11. The number of nitro groups is 1. The van der Waals surface area contributed by atoms with Gasteiger partial charge in [0.15, 0.2) is 0 Å². The SMILES string of the molecule is CCCCOCc1cc([N+](=O)[O-])ccc1NCC. The van der Waals surface area contributed by atoms with Crippen molar-refractivity contribution in [3.63, 3.8) is 0 Å². The highest BCUT2D eigenvalue weighted by atomic mass is 16.6. The predicted octanol–water partition coefficient (Wildman–Crippen LogP) is 3.34. The molecule has 5 nitrogen and oxygen atoms in total. The third-order valence-electron chi connectivity index (χ3n) is 2.57. The van der Waals surface area contributed by atoms with Crippen molar-refractivity contribution in [1.29, 1.82) is 0 Å². The monoisotopic (exact) mass is 252 g/mol. The Hall–Kier alpha value is -1.62. The van der Waals surface area contributed by atoms with Gasteiger partial charge in [-0.05, 0) is 19.4 Å². The summed E-state index contributed by atoms with van der Waals surface area (Å²) in [4.78, 5) is 10.4. The van der Waals surface area contributed by atoms with E-state index in [1.807, 2.05) is 6.92 Å². The van der Waals surface area contributed by atoms with Crippen LogP contribution in [0.1, 0.15) is 32.3 Å². The summed E-state index contributed by atoms with van der Waals surface area (Å²) >= 11 is 0. The Morgan fingerprint density at radius 3 is 2.78 bits per heavy atom.